The molecule has 0 aliphatic heterocycles. The van der Waals surface area contributed by atoms with Gasteiger partial charge in [-0.05, 0) is 17.9 Å². The number of hydrogen-bond acceptors (Lipinski definition) is 1. The molecule has 0 saturated carbocycles. The second kappa shape index (κ2) is 3.26. The van der Waals surface area contributed by atoms with E-state index in [-0.39, 0.29) is 32.7 Å². The van der Waals surface area contributed by atoms with Crippen molar-refractivity contribution in [1.29, 1.82) is 0 Å². The Morgan fingerprint density at radius 1 is 1.50 bits per heavy atom. The van der Waals surface area contributed by atoms with Crippen LogP contribution < -0.4 is 0 Å². The first kappa shape index (κ1) is 7.90. The fraction of sp³-hybridized carbons (Fsp3) is 0. The van der Waals surface area contributed by atoms with E-state index in [0.717, 1.165) is 10.9 Å². The number of hydrogen-bond donors (Lipinski definition) is 1. The Morgan fingerprint density at radius 2 is 2.40 bits per heavy atom. The van der Waals surface area contributed by atoms with Crippen molar-refractivity contribution in [1.82, 2.24) is 9.97 Å². The molecule has 0 bridgehead atoms. The van der Waals surface area contributed by atoms with E-state index in [2.05, 4.69) is 16.0 Å². The maximum absolute atomic E-state index is 3.90. The first-order valence-electron chi connectivity index (χ1n) is 2.75. The van der Waals surface area contributed by atoms with Crippen molar-refractivity contribution >= 4 is 10.9 Å². The standard InChI is InChI=1S/C7H5N2.Y/c1-3-8-5-7-6(1)2-4-9-7;/h2-5,9H;/q-1;. The van der Waals surface area contributed by atoms with Crippen LogP contribution in [0.1, 0.15) is 0 Å². The molecule has 0 fully saturated rings. The summed E-state index contributed by atoms with van der Waals surface area (Å²) in [6.07, 6.45) is 5.32. The van der Waals surface area contributed by atoms with Crippen LogP contribution in [0.4, 0.5) is 0 Å². The van der Waals surface area contributed by atoms with Crippen molar-refractivity contribution in [3.8, 4) is 0 Å². The predicted molar refractivity (Wildman–Crippen MR) is 34.9 cm³/mol. The number of fused-ring (bicyclic) bond motifs is 1. The molecule has 3 heteroatoms. The SMILES string of the molecule is [Y].[c-]1cncc2[nH]ccc12. The molecule has 0 aromatic carbocycles. The van der Waals surface area contributed by atoms with Gasteiger partial charge in [0.1, 0.15) is 0 Å². The second-order valence-electron chi connectivity index (χ2n) is 1.86. The van der Waals surface area contributed by atoms with Gasteiger partial charge in [-0.25, -0.2) is 0 Å². The Labute approximate surface area is 83.9 Å². The zero-order chi connectivity index (χ0) is 6.10. The molecule has 0 amide bonds. The van der Waals surface area contributed by atoms with Crippen molar-refractivity contribution in [2.45, 2.75) is 0 Å². The number of pyridine rings is 1. The molecule has 0 atom stereocenters. The van der Waals surface area contributed by atoms with Crippen LogP contribution in [0.15, 0.2) is 24.7 Å². The minimum Gasteiger partial charge on any atom is -0.422 e. The average molecular weight is 206 g/mol. The Bertz CT molecular complexity index is 286. The summed E-state index contributed by atoms with van der Waals surface area (Å²) in [4.78, 5) is 6.92. The molecule has 10 heavy (non-hydrogen) atoms. The predicted octanol–water partition coefficient (Wildman–Crippen LogP) is 1.36. The molecule has 47 valence electrons. The van der Waals surface area contributed by atoms with Crippen LogP contribution in [-0.4, -0.2) is 9.97 Å². The molecule has 1 N–H and O–H groups in total. The van der Waals surface area contributed by atoms with Crippen LogP contribution in [-0.2, 0) is 32.7 Å². The summed E-state index contributed by atoms with van der Waals surface area (Å²) >= 11 is 0. The van der Waals surface area contributed by atoms with E-state index >= 15 is 0 Å². The molecular formula is C7H5N2Y-. The fourth-order valence-corrected chi connectivity index (χ4v) is 0.834. The number of rotatable bonds is 0. The van der Waals surface area contributed by atoms with E-state index in [1.165, 1.54) is 0 Å². The van der Waals surface area contributed by atoms with E-state index in [4.69, 9.17) is 0 Å². The van der Waals surface area contributed by atoms with E-state index in [9.17, 15) is 0 Å². The molecule has 2 rings (SSSR count). The van der Waals surface area contributed by atoms with E-state index in [0.29, 0.717) is 0 Å². The number of nitrogens with zero attached hydrogens (tertiary/aromatic N) is 1. The monoisotopic (exact) mass is 206 g/mol. The molecule has 2 aromatic rings. The first-order chi connectivity index (χ1) is 4.47. The zero-order valence-electron chi connectivity index (χ0n) is 5.33. The van der Waals surface area contributed by atoms with Crippen molar-refractivity contribution in [3.63, 3.8) is 0 Å². The molecule has 0 aliphatic carbocycles. The smallest absolute Gasteiger partial charge is 0 e. The average Bonchev–Trinajstić information content (AvgIpc) is 2.33. The third kappa shape index (κ3) is 1.28. The Kier molecular flexibility index (Phi) is 2.58. The van der Waals surface area contributed by atoms with Gasteiger partial charge in [-0.2, -0.15) is 11.5 Å². The summed E-state index contributed by atoms with van der Waals surface area (Å²) < 4.78 is 0. The largest absolute Gasteiger partial charge is 0.422 e. The number of nitrogens with one attached hydrogen (secondary N) is 1. The minimum atomic E-state index is 0. The summed E-state index contributed by atoms with van der Waals surface area (Å²) in [5.74, 6) is 0. The summed E-state index contributed by atoms with van der Waals surface area (Å²) in [5, 5.41) is 1.09. The quantitative estimate of drug-likeness (QED) is 0.647. The van der Waals surface area contributed by atoms with Gasteiger partial charge < -0.3 is 4.98 Å². The molecule has 2 nitrogen and oxygen atoms in total. The van der Waals surface area contributed by atoms with Gasteiger partial charge >= 0.3 is 0 Å². The topological polar surface area (TPSA) is 28.7 Å². The van der Waals surface area contributed by atoms with E-state index < -0.39 is 0 Å². The number of H-pyrrole nitrogens is 1. The van der Waals surface area contributed by atoms with E-state index in [1.807, 2.05) is 12.3 Å². The fourth-order valence-electron chi connectivity index (χ4n) is 0.834. The number of aromatic nitrogens is 2. The molecule has 0 aliphatic rings. The van der Waals surface area contributed by atoms with Crippen molar-refractivity contribution in [2.75, 3.05) is 0 Å². The molecule has 0 saturated heterocycles. The first-order valence-corrected chi connectivity index (χ1v) is 2.75. The van der Waals surface area contributed by atoms with Crippen LogP contribution in [0.3, 0.4) is 0 Å². The van der Waals surface area contributed by atoms with Gasteiger partial charge in [0.05, 0.1) is 0 Å². The Morgan fingerprint density at radius 3 is 3.20 bits per heavy atom. The van der Waals surface area contributed by atoms with Gasteiger partial charge in [-0.3, -0.25) is 4.98 Å². The third-order valence-corrected chi connectivity index (χ3v) is 1.28. The Hall–Kier alpha value is -0.206. The minimum absolute atomic E-state index is 0. The molecule has 0 unspecified atom stereocenters. The van der Waals surface area contributed by atoms with Crippen LogP contribution >= 0.6 is 0 Å². The maximum Gasteiger partial charge on any atom is 0 e. The van der Waals surface area contributed by atoms with Gasteiger partial charge in [0.2, 0.25) is 0 Å². The van der Waals surface area contributed by atoms with E-state index in [1.54, 1.807) is 12.4 Å². The summed E-state index contributed by atoms with van der Waals surface area (Å²) in [6.45, 7) is 0. The maximum atomic E-state index is 3.90. The van der Waals surface area contributed by atoms with Crippen LogP contribution in [0.2, 0.25) is 0 Å². The normalized spacial score (nSPS) is 9.20. The van der Waals surface area contributed by atoms with Gasteiger partial charge in [0.15, 0.2) is 0 Å². The molecule has 2 heterocycles. The Balaban J connectivity index is 0.000000500. The van der Waals surface area contributed by atoms with Gasteiger partial charge in [-0.1, -0.05) is 6.20 Å². The summed E-state index contributed by atoms with van der Waals surface area (Å²) in [5.41, 5.74) is 1.04. The van der Waals surface area contributed by atoms with Gasteiger partial charge in [0, 0.05) is 32.7 Å². The summed E-state index contributed by atoms with van der Waals surface area (Å²) in [7, 11) is 0. The van der Waals surface area contributed by atoms with Gasteiger partial charge in [-0.15, -0.1) is 6.07 Å². The van der Waals surface area contributed by atoms with Crippen molar-refractivity contribution < 1.29 is 32.7 Å². The van der Waals surface area contributed by atoms with Gasteiger partial charge in [0.25, 0.3) is 0 Å². The van der Waals surface area contributed by atoms with Crippen LogP contribution in [0.25, 0.3) is 10.9 Å². The van der Waals surface area contributed by atoms with Crippen molar-refractivity contribution in [2.24, 2.45) is 0 Å². The van der Waals surface area contributed by atoms with Crippen molar-refractivity contribution in [3.05, 3.63) is 30.7 Å². The van der Waals surface area contributed by atoms with Crippen LogP contribution in [0, 0.1) is 6.07 Å². The summed E-state index contributed by atoms with van der Waals surface area (Å²) in [6, 6.07) is 4.96. The second-order valence-corrected chi connectivity index (χ2v) is 1.86. The zero-order valence-corrected chi connectivity index (χ0v) is 8.17. The molecule has 0 spiro atoms. The third-order valence-electron chi connectivity index (χ3n) is 1.28. The number of aromatic amines is 1. The molecular weight excluding hydrogens is 201 g/mol. The molecule has 2 aromatic heterocycles. The van der Waals surface area contributed by atoms with Crippen LogP contribution in [0.5, 0.6) is 0 Å². The molecule has 1 radical (unpaired) electrons.